The molecule has 0 atom stereocenters. The molecule has 0 fully saturated rings. The van der Waals surface area contributed by atoms with Crippen molar-refractivity contribution in [1.29, 1.82) is 0 Å². The fourth-order valence-corrected chi connectivity index (χ4v) is 2.77. The van der Waals surface area contributed by atoms with E-state index >= 15 is 0 Å². The molecule has 2 aromatic rings. The highest BCUT2D eigenvalue weighted by Gasteiger charge is 2.19. The molecule has 0 N–H and O–H groups in total. The molecule has 0 unspecified atom stereocenters. The van der Waals surface area contributed by atoms with Crippen LogP contribution in [0.3, 0.4) is 0 Å². The van der Waals surface area contributed by atoms with Gasteiger partial charge in [0.05, 0.1) is 19.8 Å². The Labute approximate surface area is 175 Å². The van der Waals surface area contributed by atoms with Gasteiger partial charge in [0.25, 0.3) is 0 Å². The number of halogens is 1. The van der Waals surface area contributed by atoms with E-state index in [1.54, 1.807) is 40.0 Å². The molecule has 0 amide bonds. The van der Waals surface area contributed by atoms with E-state index in [1.807, 2.05) is 6.07 Å². The maximum atomic E-state index is 14.7. The van der Waals surface area contributed by atoms with Crippen molar-refractivity contribution < 1.29 is 32.9 Å². The van der Waals surface area contributed by atoms with Crippen molar-refractivity contribution in [2.45, 2.75) is 39.2 Å². The Morgan fingerprint density at radius 1 is 0.967 bits per heavy atom. The first-order valence-electron chi connectivity index (χ1n) is 9.52. The third-order valence-corrected chi connectivity index (χ3v) is 4.12. The molecule has 2 rings (SSSR count). The smallest absolute Gasteiger partial charge is 0.344 e. The summed E-state index contributed by atoms with van der Waals surface area (Å²) in [6.07, 6.45) is 0.504. The predicted molar refractivity (Wildman–Crippen MR) is 110 cm³/mol. The molecule has 0 heterocycles. The number of esters is 1. The van der Waals surface area contributed by atoms with Gasteiger partial charge in [0.15, 0.2) is 35.5 Å². The van der Waals surface area contributed by atoms with Crippen LogP contribution < -0.4 is 14.2 Å². The molecule has 162 valence electrons. The van der Waals surface area contributed by atoms with Gasteiger partial charge in [-0.15, -0.1) is 0 Å². The minimum atomic E-state index is -0.793. The summed E-state index contributed by atoms with van der Waals surface area (Å²) in [6.45, 7) is 4.73. The number of Topliss-reactive ketones (excluding diaryl/α,β-unsaturated/α-hetero) is 1. The molecule has 0 saturated carbocycles. The number of rotatable bonds is 9. The summed E-state index contributed by atoms with van der Waals surface area (Å²) in [5, 5.41) is 0. The van der Waals surface area contributed by atoms with Crippen molar-refractivity contribution in [2.24, 2.45) is 0 Å². The molecular formula is C23H27FO6. The second kappa shape index (κ2) is 10.1. The molecule has 0 aliphatic carbocycles. The summed E-state index contributed by atoms with van der Waals surface area (Å²) in [6, 6.07) is 9.63. The summed E-state index contributed by atoms with van der Waals surface area (Å²) < 4.78 is 35.5. The molecule has 2 aromatic carbocycles. The highest BCUT2D eigenvalue weighted by atomic mass is 19.1. The zero-order valence-electron chi connectivity index (χ0n) is 17.9. The average molecular weight is 418 g/mol. The third kappa shape index (κ3) is 6.47. The Hall–Kier alpha value is -3.09. The Morgan fingerprint density at radius 2 is 1.67 bits per heavy atom. The van der Waals surface area contributed by atoms with Crippen molar-refractivity contribution in [3.63, 3.8) is 0 Å². The molecule has 0 aromatic heterocycles. The zero-order chi connectivity index (χ0) is 22.3. The standard InChI is InChI=1S/C23H27FO6/c1-23(2,3)30-21(26)14-29-19-8-6-7-16(22(19)24)17(25)11-9-15-10-12-18(27-4)20(13-15)28-5/h6-8,10,12-13H,9,11,14H2,1-5H3. The number of carbonyl (C=O) groups excluding carboxylic acids is 2. The third-order valence-electron chi connectivity index (χ3n) is 4.12. The highest BCUT2D eigenvalue weighted by molar-refractivity contribution is 5.96. The number of carbonyl (C=O) groups is 2. The van der Waals surface area contributed by atoms with Gasteiger partial charge in [0.2, 0.25) is 0 Å². The average Bonchev–Trinajstić information content (AvgIpc) is 2.69. The topological polar surface area (TPSA) is 71.1 Å². The van der Waals surface area contributed by atoms with Crippen molar-refractivity contribution >= 4 is 11.8 Å². The summed E-state index contributed by atoms with van der Waals surface area (Å²) >= 11 is 0. The van der Waals surface area contributed by atoms with Crippen LogP contribution in [0.1, 0.15) is 43.1 Å². The number of ether oxygens (including phenoxy) is 4. The van der Waals surface area contributed by atoms with Crippen molar-refractivity contribution in [3.8, 4) is 17.2 Å². The zero-order valence-corrected chi connectivity index (χ0v) is 17.9. The van der Waals surface area contributed by atoms with Crippen LogP contribution in [0, 0.1) is 5.82 Å². The van der Waals surface area contributed by atoms with Gasteiger partial charge in [-0.05, 0) is 57.0 Å². The molecule has 0 saturated heterocycles. The Morgan fingerprint density at radius 3 is 2.30 bits per heavy atom. The predicted octanol–water partition coefficient (Wildman–Crippen LogP) is 4.38. The van der Waals surface area contributed by atoms with E-state index in [1.165, 1.54) is 25.3 Å². The van der Waals surface area contributed by atoms with Crippen LogP contribution in [0.25, 0.3) is 0 Å². The van der Waals surface area contributed by atoms with Crippen LogP contribution in [0.2, 0.25) is 0 Å². The first-order valence-corrected chi connectivity index (χ1v) is 9.52. The highest BCUT2D eigenvalue weighted by Crippen LogP contribution is 2.28. The molecule has 0 bridgehead atoms. The number of hydrogen-bond acceptors (Lipinski definition) is 6. The lowest BCUT2D eigenvalue weighted by atomic mass is 10.0. The number of hydrogen-bond donors (Lipinski definition) is 0. The number of benzene rings is 2. The van der Waals surface area contributed by atoms with Crippen molar-refractivity contribution in [2.75, 3.05) is 20.8 Å². The Balaban J connectivity index is 2.03. The molecular weight excluding hydrogens is 391 g/mol. The van der Waals surface area contributed by atoms with Gasteiger partial charge >= 0.3 is 5.97 Å². The van der Waals surface area contributed by atoms with Gasteiger partial charge in [-0.2, -0.15) is 0 Å². The van der Waals surface area contributed by atoms with Crippen molar-refractivity contribution in [3.05, 3.63) is 53.3 Å². The molecule has 30 heavy (non-hydrogen) atoms. The maximum absolute atomic E-state index is 14.7. The van der Waals surface area contributed by atoms with Crippen LogP contribution in [0.4, 0.5) is 4.39 Å². The summed E-state index contributed by atoms with van der Waals surface area (Å²) in [7, 11) is 3.08. The van der Waals surface area contributed by atoms with Gasteiger partial charge in [-0.3, -0.25) is 4.79 Å². The molecule has 0 aliphatic heterocycles. The lowest BCUT2D eigenvalue weighted by Crippen LogP contribution is -2.27. The first-order chi connectivity index (χ1) is 14.1. The quantitative estimate of drug-likeness (QED) is 0.445. The van der Waals surface area contributed by atoms with E-state index in [4.69, 9.17) is 18.9 Å². The van der Waals surface area contributed by atoms with E-state index in [-0.39, 0.29) is 23.5 Å². The molecule has 7 heteroatoms. The first kappa shape index (κ1) is 23.2. The van der Waals surface area contributed by atoms with Crippen LogP contribution in [-0.4, -0.2) is 38.2 Å². The molecule has 0 spiro atoms. The molecule has 0 aliphatic rings. The van der Waals surface area contributed by atoms with Crippen molar-refractivity contribution in [1.82, 2.24) is 0 Å². The van der Waals surface area contributed by atoms with E-state index < -0.39 is 24.0 Å². The number of aryl methyl sites for hydroxylation is 1. The van der Waals surface area contributed by atoms with Gasteiger partial charge in [-0.25, -0.2) is 9.18 Å². The largest absolute Gasteiger partial charge is 0.493 e. The van der Waals surface area contributed by atoms with E-state index in [9.17, 15) is 14.0 Å². The van der Waals surface area contributed by atoms with E-state index in [0.29, 0.717) is 17.9 Å². The lowest BCUT2D eigenvalue weighted by Gasteiger charge is -2.19. The van der Waals surface area contributed by atoms with Crippen LogP contribution in [0.5, 0.6) is 17.2 Å². The van der Waals surface area contributed by atoms with E-state index in [2.05, 4.69) is 0 Å². The summed E-state index contributed by atoms with van der Waals surface area (Å²) in [4.78, 5) is 24.3. The summed E-state index contributed by atoms with van der Waals surface area (Å²) in [5.74, 6) is -0.798. The number of ketones is 1. The fraction of sp³-hybridized carbons (Fsp3) is 0.391. The van der Waals surface area contributed by atoms with Crippen LogP contribution >= 0.6 is 0 Å². The second-order valence-electron chi connectivity index (χ2n) is 7.61. The fourth-order valence-electron chi connectivity index (χ4n) is 2.77. The van der Waals surface area contributed by atoms with Gasteiger partial charge in [-0.1, -0.05) is 12.1 Å². The van der Waals surface area contributed by atoms with Gasteiger partial charge < -0.3 is 18.9 Å². The van der Waals surface area contributed by atoms with Gasteiger partial charge in [0, 0.05) is 6.42 Å². The Kier molecular flexibility index (Phi) is 7.80. The monoisotopic (exact) mass is 418 g/mol. The van der Waals surface area contributed by atoms with Crippen LogP contribution in [0.15, 0.2) is 36.4 Å². The molecule has 0 radical (unpaired) electrons. The van der Waals surface area contributed by atoms with E-state index in [0.717, 1.165) is 5.56 Å². The Bertz CT molecular complexity index is 901. The second-order valence-corrected chi connectivity index (χ2v) is 7.61. The SMILES string of the molecule is COc1ccc(CCC(=O)c2cccc(OCC(=O)OC(C)(C)C)c2F)cc1OC. The normalized spacial score (nSPS) is 11.0. The number of methoxy groups -OCH3 is 2. The lowest BCUT2D eigenvalue weighted by molar-refractivity contribution is -0.157. The molecule has 6 nitrogen and oxygen atoms in total. The minimum Gasteiger partial charge on any atom is -0.493 e. The maximum Gasteiger partial charge on any atom is 0.344 e. The summed E-state index contributed by atoms with van der Waals surface area (Å²) in [5.41, 5.74) is 0.108. The van der Waals surface area contributed by atoms with Gasteiger partial charge in [0.1, 0.15) is 5.60 Å². The van der Waals surface area contributed by atoms with Crippen LogP contribution in [-0.2, 0) is 16.0 Å². The minimum absolute atomic E-state index is 0.0860.